The standard InChI is InChI=1S/C20H22N2O/c1-13-8-7-11-16-17(13)19(2,3)20(4)21-18(23)15-10-6-5-9-14(15)12-22(16)20/h5-11H,12H2,1-4H3,(H,21,23)/t20-/m0/s1. The number of amides is 1. The van der Waals surface area contributed by atoms with Gasteiger partial charge in [-0.15, -0.1) is 0 Å². The number of aryl methyl sites for hydroxylation is 1. The number of anilines is 1. The van der Waals surface area contributed by atoms with Crippen molar-refractivity contribution in [3.8, 4) is 0 Å². The molecule has 0 spiro atoms. The topological polar surface area (TPSA) is 32.3 Å². The Morgan fingerprint density at radius 2 is 1.78 bits per heavy atom. The SMILES string of the molecule is Cc1cccc2c1C(C)(C)[C@@]1(C)NC(=O)c3ccccc3CN21. The van der Waals surface area contributed by atoms with Gasteiger partial charge in [-0.3, -0.25) is 4.79 Å². The van der Waals surface area contributed by atoms with E-state index in [9.17, 15) is 4.79 Å². The number of fused-ring (bicyclic) bond motifs is 4. The van der Waals surface area contributed by atoms with Gasteiger partial charge >= 0.3 is 0 Å². The summed E-state index contributed by atoms with van der Waals surface area (Å²) in [5.74, 6) is 0.0177. The van der Waals surface area contributed by atoms with E-state index in [0.29, 0.717) is 0 Å². The lowest BCUT2D eigenvalue weighted by atomic mass is 9.75. The van der Waals surface area contributed by atoms with Crippen molar-refractivity contribution in [2.24, 2.45) is 0 Å². The molecule has 118 valence electrons. The van der Waals surface area contributed by atoms with Crippen LogP contribution >= 0.6 is 0 Å². The third-order valence-electron chi connectivity index (χ3n) is 5.87. The molecule has 1 atom stereocenters. The van der Waals surface area contributed by atoms with Crippen molar-refractivity contribution in [3.05, 3.63) is 64.7 Å². The monoisotopic (exact) mass is 306 g/mol. The van der Waals surface area contributed by atoms with Crippen molar-refractivity contribution in [3.63, 3.8) is 0 Å². The Morgan fingerprint density at radius 1 is 1.04 bits per heavy atom. The lowest BCUT2D eigenvalue weighted by molar-refractivity contribution is 0.0872. The van der Waals surface area contributed by atoms with Gasteiger partial charge in [-0.1, -0.05) is 44.2 Å². The third-order valence-corrected chi connectivity index (χ3v) is 5.87. The van der Waals surface area contributed by atoms with Crippen LogP contribution in [-0.4, -0.2) is 11.6 Å². The Morgan fingerprint density at radius 3 is 2.57 bits per heavy atom. The summed E-state index contributed by atoms with van der Waals surface area (Å²) in [6.07, 6.45) is 0. The second-order valence-corrected chi connectivity index (χ2v) is 7.36. The van der Waals surface area contributed by atoms with Crippen LogP contribution in [0.25, 0.3) is 0 Å². The van der Waals surface area contributed by atoms with Gasteiger partial charge in [0.25, 0.3) is 5.91 Å². The molecule has 0 saturated carbocycles. The van der Waals surface area contributed by atoms with Crippen LogP contribution in [0.4, 0.5) is 5.69 Å². The molecule has 2 aromatic carbocycles. The Balaban J connectivity index is 1.98. The summed E-state index contributed by atoms with van der Waals surface area (Å²) in [7, 11) is 0. The minimum Gasteiger partial charge on any atom is -0.343 e. The van der Waals surface area contributed by atoms with Crippen molar-refractivity contribution in [1.82, 2.24) is 5.32 Å². The zero-order chi connectivity index (χ0) is 16.4. The summed E-state index contributed by atoms with van der Waals surface area (Å²) in [5.41, 5.74) is 5.09. The summed E-state index contributed by atoms with van der Waals surface area (Å²) < 4.78 is 0. The first kappa shape index (κ1) is 14.3. The summed E-state index contributed by atoms with van der Waals surface area (Å²) in [5, 5.41) is 3.32. The molecule has 2 aromatic rings. The van der Waals surface area contributed by atoms with Crippen molar-refractivity contribution >= 4 is 11.6 Å². The van der Waals surface area contributed by atoms with Gasteiger partial charge in [0.05, 0.1) is 0 Å². The minimum atomic E-state index is -0.447. The molecule has 0 bridgehead atoms. The maximum absolute atomic E-state index is 12.8. The second kappa shape index (κ2) is 4.38. The van der Waals surface area contributed by atoms with Crippen LogP contribution in [0.3, 0.4) is 0 Å². The smallest absolute Gasteiger partial charge is 0.253 e. The highest BCUT2D eigenvalue weighted by atomic mass is 16.2. The summed E-state index contributed by atoms with van der Waals surface area (Å²) in [6, 6.07) is 14.4. The largest absolute Gasteiger partial charge is 0.343 e. The Kier molecular flexibility index (Phi) is 2.72. The number of hydrogen-bond acceptors (Lipinski definition) is 2. The van der Waals surface area contributed by atoms with Crippen molar-refractivity contribution < 1.29 is 4.79 Å². The van der Waals surface area contributed by atoms with Crippen LogP contribution in [0, 0.1) is 6.92 Å². The molecule has 23 heavy (non-hydrogen) atoms. The quantitative estimate of drug-likeness (QED) is 0.804. The molecule has 2 aliphatic rings. The number of nitrogens with zero attached hydrogens (tertiary/aromatic N) is 1. The average Bonchev–Trinajstić information content (AvgIpc) is 2.60. The first-order chi connectivity index (χ1) is 10.9. The van der Waals surface area contributed by atoms with Gasteiger partial charge in [0, 0.05) is 23.2 Å². The molecular formula is C20H22N2O. The predicted molar refractivity (Wildman–Crippen MR) is 92.7 cm³/mol. The number of nitrogens with one attached hydrogen (secondary N) is 1. The predicted octanol–water partition coefficient (Wildman–Crippen LogP) is 3.75. The second-order valence-electron chi connectivity index (χ2n) is 7.36. The molecule has 0 unspecified atom stereocenters. The van der Waals surface area contributed by atoms with Gasteiger partial charge in [-0.2, -0.15) is 0 Å². The molecule has 0 saturated heterocycles. The fourth-order valence-corrected chi connectivity index (χ4v) is 4.32. The van der Waals surface area contributed by atoms with Crippen LogP contribution in [0.15, 0.2) is 42.5 Å². The van der Waals surface area contributed by atoms with Gasteiger partial charge in [0.2, 0.25) is 0 Å². The Labute approximate surface area is 137 Å². The molecular weight excluding hydrogens is 284 g/mol. The fraction of sp³-hybridized carbons (Fsp3) is 0.350. The van der Waals surface area contributed by atoms with E-state index in [0.717, 1.165) is 17.7 Å². The lowest BCUT2D eigenvalue weighted by Crippen LogP contribution is -2.63. The molecule has 2 aliphatic heterocycles. The van der Waals surface area contributed by atoms with Crippen LogP contribution in [0.2, 0.25) is 0 Å². The normalized spacial score (nSPS) is 24.3. The highest BCUT2D eigenvalue weighted by molar-refractivity contribution is 5.98. The average molecular weight is 306 g/mol. The van der Waals surface area contributed by atoms with Crippen LogP contribution < -0.4 is 10.2 Å². The highest BCUT2D eigenvalue weighted by Crippen LogP contribution is 2.52. The molecule has 1 N–H and O–H groups in total. The highest BCUT2D eigenvalue weighted by Gasteiger charge is 2.56. The van der Waals surface area contributed by atoms with Crippen molar-refractivity contribution in [1.29, 1.82) is 0 Å². The molecule has 0 radical (unpaired) electrons. The van der Waals surface area contributed by atoms with Gasteiger partial charge in [0.1, 0.15) is 5.66 Å². The third kappa shape index (κ3) is 1.68. The van der Waals surface area contributed by atoms with Crippen LogP contribution in [0.5, 0.6) is 0 Å². The molecule has 4 rings (SSSR count). The Hall–Kier alpha value is -2.29. The summed E-state index contributed by atoms with van der Waals surface area (Å²) >= 11 is 0. The van der Waals surface area contributed by atoms with Gasteiger partial charge in [0.15, 0.2) is 0 Å². The molecule has 1 amide bonds. The number of hydrogen-bond donors (Lipinski definition) is 1. The molecule has 0 aromatic heterocycles. The number of carbonyl (C=O) groups excluding carboxylic acids is 1. The van der Waals surface area contributed by atoms with Crippen molar-refractivity contribution in [2.45, 2.75) is 45.3 Å². The van der Waals surface area contributed by atoms with Crippen LogP contribution in [-0.2, 0) is 12.0 Å². The lowest BCUT2D eigenvalue weighted by Gasteiger charge is -2.44. The molecule has 0 fully saturated rings. The summed E-state index contributed by atoms with van der Waals surface area (Å²) in [4.78, 5) is 15.2. The van der Waals surface area contributed by atoms with E-state index in [1.165, 1.54) is 16.8 Å². The van der Waals surface area contributed by atoms with E-state index in [-0.39, 0.29) is 11.3 Å². The first-order valence-electron chi connectivity index (χ1n) is 8.14. The van der Waals surface area contributed by atoms with E-state index in [1.807, 2.05) is 18.2 Å². The molecule has 3 heteroatoms. The minimum absolute atomic E-state index is 0.0177. The van der Waals surface area contributed by atoms with E-state index in [4.69, 9.17) is 0 Å². The van der Waals surface area contributed by atoms with E-state index >= 15 is 0 Å². The zero-order valence-electron chi connectivity index (χ0n) is 14.1. The zero-order valence-corrected chi connectivity index (χ0v) is 14.1. The maximum atomic E-state index is 12.8. The van der Waals surface area contributed by atoms with Gasteiger partial charge in [-0.05, 0) is 42.7 Å². The number of benzene rings is 2. The van der Waals surface area contributed by atoms with E-state index < -0.39 is 5.66 Å². The first-order valence-corrected chi connectivity index (χ1v) is 8.14. The number of carbonyl (C=O) groups is 1. The van der Waals surface area contributed by atoms with E-state index in [1.54, 1.807) is 0 Å². The summed E-state index contributed by atoms with van der Waals surface area (Å²) in [6.45, 7) is 9.51. The molecule has 0 aliphatic carbocycles. The number of rotatable bonds is 0. The van der Waals surface area contributed by atoms with Crippen LogP contribution in [0.1, 0.15) is 47.8 Å². The van der Waals surface area contributed by atoms with Gasteiger partial charge < -0.3 is 10.2 Å². The van der Waals surface area contributed by atoms with Crippen molar-refractivity contribution in [2.75, 3.05) is 4.90 Å². The Bertz CT molecular complexity index is 824. The maximum Gasteiger partial charge on any atom is 0.253 e. The van der Waals surface area contributed by atoms with Gasteiger partial charge in [-0.25, -0.2) is 0 Å². The molecule has 3 nitrogen and oxygen atoms in total. The molecule has 2 heterocycles. The van der Waals surface area contributed by atoms with E-state index in [2.05, 4.69) is 62.2 Å². The fourth-order valence-electron chi connectivity index (χ4n) is 4.32.